The van der Waals surface area contributed by atoms with E-state index >= 15 is 0 Å². The number of nitro benzene ring substituents is 1. The van der Waals surface area contributed by atoms with Gasteiger partial charge in [0.1, 0.15) is 0 Å². The van der Waals surface area contributed by atoms with E-state index in [0.29, 0.717) is 44.1 Å². The van der Waals surface area contributed by atoms with Crippen molar-refractivity contribution in [2.24, 2.45) is 0 Å². The number of nitro groups is 1. The number of benzene rings is 1. The molecule has 1 fully saturated rings. The van der Waals surface area contributed by atoms with Crippen molar-refractivity contribution >= 4 is 23.0 Å². The number of carbonyl (C=O) groups is 1. The highest BCUT2D eigenvalue weighted by Crippen LogP contribution is 2.31. The van der Waals surface area contributed by atoms with E-state index in [0.717, 1.165) is 12.8 Å². The molecule has 0 unspecified atom stereocenters. The second kappa shape index (κ2) is 7.74. The van der Waals surface area contributed by atoms with Crippen molar-refractivity contribution in [3.05, 3.63) is 28.3 Å². The van der Waals surface area contributed by atoms with Gasteiger partial charge in [0.2, 0.25) is 5.91 Å². The largest absolute Gasteiger partial charge is 0.378 e. The third kappa shape index (κ3) is 4.17. The van der Waals surface area contributed by atoms with Gasteiger partial charge in [0.05, 0.1) is 29.5 Å². The minimum atomic E-state index is -0.424. The van der Waals surface area contributed by atoms with Gasteiger partial charge in [-0.25, -0.2) is 0 Å². The molecule has 0 aliphatic carbocycles. The minimum Gasteiger partial charge on any atom is -0.378 e. The summed E-state index contributed by atoms with van der Waals surface area (Å²) in [5.41, 5.74) is 1.32. The van der Waals surface area contributed by atoms with Gasteiger partial charge in [0, 0.05) is 31.6 Å². The normalized spacial score (nSPS) is 14.7. The zero-order valence-corrected chi connectivity index (χ0v) is 12.7. The fraction of sp³-hybridized carbons (Fsp3) is 0.533. The van der Waals surface area contributed by atoms with Gasteiger partial charge < -0.3 is 15.0 Å². The number of ether oxygens (including phenoxy) is 1. The molecule has 0 radical (unpaired) electrons. The van der Waals surface area contributed by atoms with Gasteiger partial charge >= 0.3 is 0 Å². The Morgan fingerprint density at radius 2 is 2.14 bits per heavy atom. The summed E-state index contributed by atoms with van der Waals surface area (Å²) >= 11 is 0. The Morgan fingerprint density at radius 3 is 2.77 bits per heavy atom. The van der Waals surface area contributed by atoms with E-state index in [9.17, 15) is 14.9 Å². The van der Waals surface area contributed by atoms with Crippen molar-refractivity contribution in [2.75, 3.05) is 36.5 Å². The molecule has 1 N–H and O–H groups in total. The van der Waals surface area contributed by atoms with Crippen LogP contribution in [-0.4, -0.2) is 37.1 Å². The Bertz CT molecular complexity index is 542. The first-order valence-electron chi connectivity index (χ1n) is 7.52. The van der Waals surface area contributed by atoms with Crippen molar-refractivity contribution < 1.29 is 14.5 Å². The molecule has 22 heavy (non-hydrogen) atoms. The van der Waals surface area contributed by atoms with Crippen molar-refractivity contribution in [3.63, 3.8) is 0 Å². The number of unbranched alkanes of at least 4 members (excludes halogenated alkanes) is 1. The quantitative estimate of drug-likeness (QED) is 0.645. The molecule has 7 heteroatoms. The monoisotopic (exact) mass is 307 g/mol. The van der Waals surface area contributed by atoms with Crippen LogP contribution < -0.4 is 10.2 Å². The Hall–Kier alpha value is -2.15. The Balaban J connectivity index is 2.22. The number of anilines is 2. The average Bonchev–Trinajstić information content (AvgIpc) is 2.54. The molecule has 0 atom stereocenters. The molecule has 120 valence electrons. The summed E-state index contributed by atoms with van der Waals surface area (Å²) in [7, 11) is 0. The summed E-state index contributed by atoms with van der Waals surface area (Å²) < 4.78 is 5.31. The Kier molecular flexibility index (Phi) is 5.71. The smallest absolute Gasteiger partial charge is 0.271 e. The number of hydrogen-bond acceptors (Lipinski definition) is 5. The minimum absolute atomic E-state index is 0.0213. The van der Waals surface area contributed by atoms with Gasteiger partial charge in [0.25, 0.3) is 5.69 Å². The molecule has 1 saturated heterocycles. The van der Waals surface area contributed by atoms with Crippen LogP contribution in [0.3, 0.4) is 0 Å². The molecule has 0 aromatic heterocycles. The van der Waals surface area contributed by atoms with E-state index < -0.39 is 4.92 Å². The number of morpholine rings is 1. The number of hydrogen-bond donors (Lipinski definition) is 1. The van der Waals surface area contributed by atoms with Crippen molar-refractivity contribution in [3.8, 4) is 0 Å². The number of carbonyl (C=O) groups excluding carboxylic acids is 1. The maximum absolute atomic E-state index is 11.9. The third-order valence-electron chi connectivity index (χ3n) is 3.58. The first-order valence-corrected chi connectivity index (χ1v) is 7.52. The van der Waals surface area contributed by atoms with E-state index in [1.165, 1.54) is 12.1 Å². The summed E-state index contributed by atoms with van der Waals surface area (Å²) in [6.07, 6.45) is 2.23. The zero-order chi connectivity index (χ0) is 15.9. The number of nitrogens with zero attached hydrogens (tertiary/aromatic N) is 2. The predicted octanol–water partition coefficient (Wildman–Crippen LogP) is 2.56. The molecule has 1 heterocycles. The fourth-order valence-corrected chi connectivity index (χ4v) is 2.36. The van der Waals surface area contributed by atoms with Crippen LogP contribution in [0.25, 0.3) is 0 Å². The van der Waals surface area contributed by atoms with Crippen molar-refractivity contribution in [1.29, 1.82) is 0 Å². The highest BCUT2D eigenvalue weighted by atomic mass is 16.6. The van der Waals surface area contributed by atoms with Crippen LogP contribution in [0, 0.1) is 10.1 Å². The molecule has 1 aliphatic rings. The van der Waals surface area contributed by atoms with E-state index in [1.54, 1.807) is 6.07 Å². The molecule has 0 spiro atoms. The summed E-state index contributed by atoms with van der Waals surface area (Å²) in [6.45, 7) is 4.48. The van der Waals surface area contributed by atoms with Crippen molar-refractivity contribution in [1.82, 2.24) is 0 Å². The maximum atomic E-state index is 11.9. The van der Waals surface area contributed by atoms with Crippen LogP contribution in [-0.2, 0) is 9.53 Å². The van der Waals surface area contributed by atoms with E-state index in [2.05, 4.69) is 5.32 Å². The highest BCUT2D eigenvalue weighted by molar-refractivity contribution is 5.94. The van der Waals surface area contributed by atoms with Crippen molar-refractivity contribution in [2.45, 2.75) is 26.2 Å². The molecule has 1 aromatic carbocycles. The molecular weight excluding hydrogens is 286 g/mol. The van der Waals surface area contributed by atoms with Crippen LogP contribution in [0.5, 0.6) is 0 Å². The molecule has 1 aromatic rings. The Labute approximate surface area is 129 Å². The topological polar surface area (TPSA) is 84.7 Å². The fourth-order valence-electron chi connectivity index (χ4n) is 2.36. The zero-order valence-electron chi connectivity index (χ0n) is 12.7. The summed E-state index contributed by atoms with van der Waals surface area (Å²) in [4.78, 5) is 24.5. The SMILES string of the molecule is CCCCC(=O)Nc1ccc([N+](=O)[O-])cc1N1CCOCC1. The molecule has 0 saturated carbocycles. The lowest BCUT2D eigenvalue weighted by molar-refractivity contribution is -0.384. The van der Waals surface area contributed by atoms with Gasteiger partial charge in [-0.3, -0.25) is 14.9 Å². The van der Waals surface area contributed by atoms with E-state index in [1.807, 2.05) is 11.8 Å². The molecule has 0 bridgehead atoms. The van der Waals surface area contributed by atoms with Crippen LogP contribution in [0.1, 0.15) is 26.2 Å². The summed E-state index contributed by atoms with van der Waals surface area (Å²) in [5, 5.41) is 13.9. The van der Waals surface area contributed by atoms with Crippen LogP contribution in [0.15, 0.2) is 18.2 Å². The van der Waals surface area contributed by atoms with E-state index in [-0.39, 0.29) is 11.6 Å². The average molecular weight is 307 g/mol. The van der Waals surface area contributed by atoms with E-state index in [4.69, 9.17) is 4.74 Å². The summed E-state index contributed by atoms with van der Waals surface area (Å²) in [5.74, 6) is -0.0646. The van der Waals surface area contributed by atoms with Gasteiger partial charge in [-0.15, -0.1) is 0 Å². The first kappa shape index (κ1) is 16.2. The number of nitrogens with one attached hydrogen (secondary N) is 1. The third-order valence-corrected chi connectivity index (χ3v) is 3.58. The second-order valence-electron chi connectivity index (χ2n) is 5.21. The molecule has 1 aliphatic heterocycles. The maximum Gasteiger partial charge on any atom is 0.271 e. The molecule has 1 amide bonds. The van der Waals surface area contributed by atoms with Gasteiger partial charge in [0.15, 0.2) is 0 Å². The summed E-state index contributed by atoms with van der Waals surface area (Å²) in [6, 6.07) is 4.53. The van der Waals surface area contributed by atoms with Gasteiger partial charge in [-0.1, -0.05) is 13.3 Å². The molecule has 2 rings (SSSR count). The highest BCUT2D eigenvalue weighted by Gasteiger charge is 2.19. The van der Waals surface area contributed by atoms with Crippen LogP contribution in [0.2, 0.25) is 0 Å². The number of amides is 1. The predicted molar refractivity (Wildman–Crippen MR) is 84.3 cm³/mol. The number of rotatable bonds is 6. The molecular formula is C15H21N3O4. The van der Waals surface area contributed by atoms with Crippen LogP contribution in [0.4, 0.5) is 17.1 Å². The lowest BCUT2D eigenvalue weighted by Gasteiger charge is -2.30. The second-order valence-corrected chi connectivity index (χ2v) is 5.21. The number of non-ortho nitro benzene ring substituents is 1. The standard InChI is InChI=1S/C15H21N3O4/c1-2-3-4-15(19)16-13-6-5-12(18(20)21)11-14(13)17-7-9-22-10-8-17/h5-6,11H,2-4,7-10H2,1H3,(H,16,19). The Morgan fingerprint density at radius 1 is 1.41 bits per heavy atom. The lowest BCUT2D eigenvalue weighted by atomic mass is 10.2. The molecule has 7 nitrogen and oxygen atoms in total. The van der Waals surface area contributed by atoms with Gasteiger partial charge in [-0.2, -0.15) is 0 Å². The van der Waals surface area contributed by atoms with Crippen LogP contribution >= 0.6 is 0 Å². The van der Waals surface area contributed by atoms with Gasteiger partial charge in [-0.05, 0) is 12.5 Å². The lowest BCUT2D eigenvalue weighted by Crippen LogP contribution is -2.36. The first-order chi connectivity index (χ1) is 10.6.